The van der Waals surface area contributed by atoms with E-state index >= 15 is 0 Å². The number of rotatable bonds is 5. The lowest BCUT2D eigenvalue weighted by Crippen LogP contribution is -2.19. The van der Waals surface area contributed by atoms with Crippen LogP contribution in [-0.4, -0.2) is 24.3 Å². The summed E-state index contributed by atoms with van der Waals surface area (Å²) in [5, 5.41) is 7.05. The highest BCUT2D eigenvalue weighted by molar-refractivity contribution is 5.84. The molecule has 0 radical (unpaired) electrons. The van der Waals surface area contributed by atoms with Gasteiger partial charge in [0.05, 0.1) is 5.69 Å². The van der Waals surface area contributed by atoms with E-state index in [1.54, 1.807) is 29.1 Å². The highest BCUT2D eigenvalue weighted by Crippen LogP contribution is 2.21. The third-order valence-corrected chi connectivity index (χ3v) is 5.02. The average molecular weight is 393 g/mol. The first-order valence-corrected chi connectivity index (χ1v) is 9.80. The predicted octanol–water partition coefficient (Wildman–Crippen LogP) is 3.89. The number of hydrogen-bond acceptors (Lipinski definition) is 4. The molecule has 3 aromatic heterocycles. The molecule has 0 N–H and O–H groups in total. The van der Waals surface area contributed by atoms with Crippen molar-refractivity contribution in [3.8, 4) is 17.2 Å². The Hall–Kier alpha value is -4.06. The van der Waals surface area contributed by atoms with E-state index in [4.69, 9.17) is 10.1 Å². The maximum atomic E-state index is 12.1. The van der Waals surface area contributed by atoms with E-state index in [0.717, 1.165) is 22.6 Å². The third kappa shape index (κ3) is 3.51. The van der Waals surface area contributed by atoms with Gasteiger partial charge in [0, 0.05) is 31.4 Å². The van der Waals surface area contributed by atoms with Gasteiger partial charge in [-0.1, -0.05) is 42.5 Å². The summed E-state index contributed by atoms with van der Waals surface area (Å²) in [6, 6.07) is 25.3. The Kier molecular flexibility index (Phi) is 4.65. The highest BCUT2D eigenvalue weighted by atomic mass is 16.1. The Bertz CT molecular complexity index is 1370. The van der Waals surface area contributed by atoms with E-state index < -0.39 is 0 Å². The van der Waals surface area contributed by atoms with E-state index in [1.165, 1.54) is 5.39 Å². The molecule has 146 valence electrons. The zero-order valence-electron chi connectivity index (χ0n) is 16.2. The fraction of sp³-hybridized carbons (Fsp3) is 0.0833. The van der Waals surface area contributed by atoms with Gasteiger partial charge in [-0.05, 0) is 41.1 Å². The molecule has 2 aromatic carbocycles. The van der Waals surface area contributed by atoms with Gasteiger partial charge in [-0.3, -0.25) is 9.78 Å². The van der Waals surface area contributed by atoms with E-state index in [-0.39, 0.29) is 5.56 Å². The van der Waals surface area contributed by atoms with Crippen molar-refractivity contribution in [2.45, 2.75) is 13.0 Å². The molecule has 0 amide bonds. The molecule has 0 atom stereocenters. The lowest BCUT2D eigenvalue weighted by Gasteiger charge is -2.08. The SMILES string of the molecule is O=c1ccccn1CCc1nc(-c2ccccn2)nn1-c1ccc2ccccc2c1. The van der Waals surface area contributed by atoms with Crippen molar-refractivity contribution in [1.29, 1.82) is 0 Å². The van der Waals surface area contributed by atoms with Crippen LogP contribution in [0.25, 0.3) is 28.0 Å². The number of fused-ring (bicyclic) bond motifs is 1. The molecule has 30 heavy (non-hydrogen) atoms. The quantitative estimate of drug-likeness (QED) is 0.454. The molecule has 6 nitrogen and oxygen atoms in total. The fourth-order valence-electron chi connectivity index (χ4n) is 3.49. The van der Waals surface area contributed by atoms with Gasteiger partial charge in [-0.25, -0.2) is 9.67 Å². The molecule has 0 aliphatic rings. The van der Waals surface area contributed by atoms with Gasteiger partial charge in [0.1, 0.15) is 11.5 Å². The monoisotopic (exact) mass is 393 g/mol. The maximum absolute atomic E-state index is 12.1. The number of benzene rings is 2. The highest BCUT2D eigenvalue weighted by Gasteiger charge is 2.14. The van der Waals surface area contributed by atoms with Crippen LogP contribution in [0.3, 0.4) is 0 Å². The van der Waals surface area contributed by atoms with E-state index in [2.05, 4.69) is 29.2 Å². The minimum absolute atomic E-state index is 0.0285. The average Bonchev–Trinajstić information content (AvgIpc) is 3.23. The van der Waals surface area contributed by atoms with Crippen molar-refractivity contribution in [3.63, 3.8) is 0 Å². The molecule has 6 heteroatoms. The number of aromatic nitrogens is 5. The van der Waals surface area contributed by atoms with Gasteiger partial charge in [0.25, 0.3) is 5.56 Å². The van der Waals surface area contributed by atoms with Crippen LogP contribution in [0.4, 0.5) is 0 Å². The van der Waals surface area contributed by atoms with Gasteiger partial charge >= 0.3 is 0 Å². The number of pyridine rings is 2. The van der Waals surface area contributed by atoms with Crippen LogP contribution >= 0.6 is 0 Å². The van der Waals surface area contributed by atoms with Crippen molar-refractivity contribution >= 4 is 10.8 Å². The van der Waals surface area contributed by atoms with Crippen LogP contribution in [0, 0.1) is 0 Å². The van der Waals surface area contributed by atoms with E-state index in [9.17, 15) is 4.79 Å². The van der Waals surface area contributed by atoms with Gasteiger partial charge in [-0.15, -0.1) is 5.10 Å². The Morgan fingerprint density at radius 1 is 0.833 bits per heavy atom. The predicted molar refractivity (Wildman–Crippen MR) is 117 cm³/mol. The summed E-state index contributed by atoms with van der Waals surface area (Å²) in [7, 11) is 0. The van der Waals surface area contributed by atoms with Crippen LogP contribution in [0.2, 0.25) is 0 Å². The number of aryl methyl sites for hydroxylation is 2. The summed E-state index contributed by atoms with van der Waals surface area (Å²) in [4.78, 5) is 21.2. The van der Waals surface area contributed by atoms with E-state index in [1.807, 2.05) is 47.1 Å². The summed E-state index contributed by atoms with van der Waals surface area (Å²) >= 11 is 0. The molecule has 0 spiro atoms. The van der Waals surface area contributed by atoms with Gasteiger partial charge in [0.2, 0.25) is 0 Å². The van der Waals surface area contributed by atoms with Gasteiger partial charge < -0.3 is 4.57 Å². The second-order valence-electron chi connectivity index (χ2n) is 6.99. The minimum atomic E-state index is -0.0285. The van der Waals surface area contributed by atoms with Crippen LogP contribution < -0.4 is 5.56 Å². The molecule has 5 rings (SSSR count). The molecule has 0 unspecified atom stereocenters. The molecular formula is C24H19N5O. The Balaban J connectivity index is 1.57. The Labute approximate surface area is 173 Å². The lowest BCUT2D eigenvalue weighted by molar-refractivity contribution is 0.634. The number of nitrogens with zero attached hydrogens (tertiary/aromatic N) is 5. The van der Waals surface area contributed by atoms with Crippen LogP contribution in [0.15, 0.2) is 96.1 Å². The van der Waals surface area contributed by atoms with Crippen molar-refractivity contribution < 1.29 is 0 Å². The molecule has 0 saturated heterocycles. The molecule has 5 aromatic rings. The summed E-state index contributed by atoms with van der Waals surface area (Å²) in [6.45, 7) is 0.521. The molecule has 3 heterocycles. The Morgan fingerprint density at radius 2 is 1.67 bits per heavy atom. The van der Waals surface area contributed by atoms with Gasteiger partial charge in [-0.2, -0.15) is 0 Å². The first kappa shape index (κ1) is 18.0. The Morgan fingerprint density at radius 3 is 2.50 bits per heavy atom. The molecular weight excluding hydrogens is 374 g/mol. The second kappa shape index (κ2) is 7.75. The summed E-state index contributed by atoms with van der Waals surface area (Å²) in [6.07, 6.45) is 4.09. The molecule has 0 aliphatic carbocycles. The van der Waals surface area contributed by atoms with Crippen molar-refractivity contribution in [2.24, 2.45) is 0 Å². The smallest absolute Gasteiger partial charge is 0.250 e. The molecule has 0 fully saturated rings. The zero-order valence-corrected chi connectivity index (χ0v) is 16.2. The molecule has 0 saturated carbocycles. The molecule has 0 bridgehead atoms. The van der Waals surface area contributed by atoms with Crippen LogP contribution in [0.5, 0.6) is 0 Å². The van der Waals surface area contributed by atoms with Crippen molar-refractivity contribution in [1.82, 2.24) is 24.3 Å². The minimum Gasteiger partial charge on any atom is -0.315 e. The first-order valence-electron chi connectivity index (χ1n) is 9.80. The summed E-state index contributed by atoms with van der Waals surface area (Å²) < 4.78 is 3.53. The zero-order chi connectivity index (χ0) is 20.3. The van der Waals surface area contributed by atoms with Crippen molar-refractivity contribution in [3.05, 3.63) is 107 Å². The fourth-order valence-corrected chi connectivity index (χ4v) is 3.49. The second-order valence-corrected chi connectivity index (χ2v) is 6.99. The third-order valence-electron chi connectivity index (χ3n) is 5.02. The van der Waals surface area contributed by atoms with Crippen molar-refractivity contribution in [2.75, 3.05) is 0 Å². The maximum Gasteiger partial charge on any atom is 0.250 e. The summed E-state index contributed by atoms with van der Waals surface area (Å²) in [5.41, 5.74) is 1.62. The van der Waals surface area contributed by atoms with Crippen LogP contribution in [0.1, 0.15) is 5.82 Å². The summed E-state index contributed by atoms with van der Waals surface area (Å²) in [5.74, 6) is 1.35. The largest absolute Gasteiger partial charge is 0.315 e. The number of hydrogen-bond donors (Lipinski definition) is 0. The lowest BCUT2D eigenvalue weighted by atomic mass is 10.1. The standard InChI is InChI=1S/C24H19N5O/c30-23-10-4-6-15-28(23)16-13-22-26-24(21-9-3-5-14-25-21)27-29(22)20-12-11-18-7-1-2-8-19(18)17-20/h1-12,14-15,17H,13,16H2. The first-order chi connectivity index (χ1) is 14.8. The normalized spacial score (nSPS) is 11.1. The molecule has 0 aliphatic heterocycles. The van der Waals surface area contributed by atoms with Crippen LogP contribution in [-0.2, 0) is 13.0 Å². The van der Waals surface area contributed by atoms with Gasteiger partial charge in [0.15, 0.2) is 5.82 Å². The van der Waals surface area contributed by atoms with E-state index in [0.29, 0.717) is 18.8 Å². The topological polar surface area (TPSA) is 65.6 Å².